The number of carbonyl (C=O) groups is 5. The second-order valence-corrected chi connectivity index (χ2v) is 20.1. The molecule has 0 spiro atoms. The van der Waals surface area contributed by atoms with Gasteiger partial charge < -0.3 is 39.6 Å². The van der Waals surface area contributed by atoms with Crippen LogP contribution in [0.1, 0.15) is 82.7 Å². The number of aliphatic hydroxyl groups excluding tert-OH is 1. The number of hydrogen-bond acceptors (Lipinski definition) is 13. The largest absolute Gasteiger partial charge is 0.494 e. The Morgan fingerprint density at radius 2 is 1.55 bits per heavy atom. The first kappa shape index (κ1) is 55.9. The van der Waals surface area contributed by atoms with E-state index in [-0.39, 0.29) is 45.0 Å². The van der Waals surface area contributed by atoms with Gasteiger partial charge in [0, 0.05) is 31.8 Å². The summed E-state index contributed by atoms with van der Waals surface area (Å²) in [5, 5.41) is 25.4. The maximum absolute atomic E-state index is 13.9. The van der Waals surface area contributed by atoms with Gasteiger partial charge in [0.05, 0.1) is 78.1 Å². The van der Waals surface area contributed by atoms with E-state index >= 15 is 0 Å². The van der Waals surface area contributed by atoms with E-state index in [1.807, 2.05) is 31.2 Å². The Morgan fingerprint density at radius 3 is 2.18 bits per heavy atom. The number of halogens is 3. The van der Waals surface area contributed by atoms with E-state index in [0.29, 0.717) is 48.8 Å². The zero-order chi connectivity index (χ0) is 53.1. The monoisotopic (exact) mass is 1030 g/mol. The summed E-state index contributed by atoms with van der Waals surface area (Å²) in [5.74, 6) is -1.58. The molecule has 0 saturated carbocycles. The zero-order valence-corrected chi connectivity index (χ0v) is 42.6. The van der Waals surface area contributed by atoms with Gasteiger partial charge in [-0.2, -0.15) is 18.4 Å². The lowest BCUT2D eigenvalue weighted by Gasteiger charge is -2.35. The molecule has 2 fully saturated rings. The summed E-state index contributed by atoms with van der Waals surface area (Å²) < 4.78 is 63.5. The molecule has 4 aromatic rings. The molecule has 3 atom stereocenters. The van der Waals surface area contributed by atoms with Gasteiger partial charge in [0.25, 0.3) is 5.91 Å². The number of ether oxygens (including phenoxy) is 4. The molecular weight excluding hydrogens is 972 g/mol. The topological polar surface area (TPSA) is 213 Å². The fourth-order valence-corrected chi connectivity index (χ4v) is 9.22. The Bertz CT molecular complexity index is 2610. The lowest BCUT2D eigenvalue weighted by Crippen LogP contribution is -2.58. The van der Waals surface area contributed by atoms with Crippen molar-refractivity contribution in [3.63, 3.8) is 0 Å². The number of benzene rings is 3. The summed E-state index contributed by atoms with van der Waals surface area (Å²) in [6, 6.07) is 15.7. The molecule has 0 aliphatic carbocycles. The summed E-state index contributed by atoms with van der Waals surface area (Å²) >= 11 is 1.56. The molecule has 3 aromatic carbocycles. The van der Waals surface area contributed by atoms with Crippen molar-refractivity contribution in [2.24, 2.45) is 5.41 Å². The van der Waals surface area contributed by atoms with Crippen molar-refractivity contribution >= 4 is 52.4 Å². The first-order valence-corrected chi connectivity index (χ1v) is 24.8. The second kappa shape index (κ2) is 24.5. The van der Waals surface area contributed by atoms with Crippen molar-refractivity contribution in [2.75, 3.05) is 62.6 Å². The Labute approximate surface area is 426 Å². The number of nitrogens with one attached hydrogen (secondary N) is 2. The van der Waals surface area contributed by atoms with Crippen molar-refractivity contribution in [1.29, 1.82) is 5.26 Å². The molecular formula is C52H62F3N7O10S. The number of likely N-dealkylation sites (tertiary alicyclic amines) is 1. The fourth-order valence-electron chi connectivity index (χ4n) is 8.41. The smallest absolute Gasteiger partial charge is 0.417 e. The van der Waals surface area contributed by atoms with Crippen molar-refractivity contribution in [2.45, 2.75) is 104 Å². The van der Waals surface area contributed by atoms with Crippen LogP contribution in [0.15, 0.2) is 72.2 Å². The molecule has 392 valence electrons. The predicted molar refractivity (Wildman–Crippen MR) is 265 cm³/mol. The van der Waals surface area contributed by atoms with E-state index in [1.165, 1.54) is 29.7 Å². The Kier molecular flexibility index (Phi) is 18.8. The second-order valence-electron chi connectivity index (χ2n) is 19.3. The molecule has 0 bridgehead atoms. The highest BCUT2D eigenvalue weighted by Gasteiger charge is 2.53. The van der Waals surface area contributed by atoms with Gasteiger partial charge in [0.15, 0.2) is 0 Å². The molecule has 1 aromatic heterocycles. The molecule has 21 heteroatoms. The van der Waals surface area contributed by atoms with Crippen molar-refractivity contribution < 1.29 is 61.2 Å². The Balaban J connectivity index is 0.822. The van der Waals surface area contributed by atoms with Crippen molar-refractivity contribution in [3.05, 3.63) is 94.6 Å². The van der Waals surface area contributed by atoms with Gasteiger partial charge in [-0.05, 0) is 99.0 Å². The van der Waals surface area contributed by atoms with Crippen LogP contribution in [0.3, 0.4) is 0 Å². The molecule has 17 nitrogen and oxygen atoms in total. The minimum Gasteiger partial charge on any atom is -0.494 e. The number of carbonyl (C=O) groups excluding carboxylic acids is 5. The number of thiazole rings is 1. The minimum absolute atomic E-state index is 0.0396. The first-order chi connectivity index (χ1) is 34.6. The number of imide groups is 1. The zero-order valence-electron chi connectivity index (χ0n) is 41.8. The number of β-amino-alcohol motifs (C(OH)–C–C–N with tert-alkyl or cyclic N) is 1. The third-order valence-electron chi connectivity index (χ3n) is 12.3. The molecule has 2 aliphatic rings. The third-order valence-corrected chi connectivity index (χ3v) is 13.3. The van der Waals surface area contributed by atoms with Gasteiger partial charge >= 0.3 is 12.2 Å². The Hall–Kier alpha value is -6.44. The first-order valence-electron chi connectivity index (χ1n) is 23.9. The van der Waals surface area contributed by atoms with Crippen LogP contribution in [0.5, 0.6) is 5.75 Å². The number of unbranched alkanes of at least 4 members (excludes halogenated alkanes) is 2. The van der Waals surface area contributed by atoms with Crippen LogP contribution in [-0.2, 0) is 46.1 Å². The molecule has 3 N–H and O–H groups in total. The molecule has 6 amide bonds. The van der Waals surface area contributed by atoms with E-state index in [2.05, 4.69) is 15.6 Å². The van der Waals surface area contributed by atoms with E-state index in [4.69, 9.17) is 24.2 Å². The number of amides is 6. The summed E-state index contributed by atoms with van der Waals surface area (Å²) in [5.41, 5.74) is 0.691. The number of aryl methyl sites for hydroxylation is 1. The SMILES string of the molecule is Cc1ncsc1-c1ccc(CNC(=O)[C@@H]2C[C@@H](O)CN2C(=O)[C@@H](NC(=O)COCCOCCOCCCCCOc2ccc(N3C(=O)N(c4ccc(C#N)c(C(F)(F)F)c4)C(=O)C3(C)C)cc2)C(C)(C)C)cc1. The average Bonchev–Trinajstić information content (AvgIpc) is 4.01. The van der Waals surface area contributed by atoms with Crippen LogP contribution in [-0.4, -0.2) is 121 Å². The van der Waals surface area contributed by atoms with Gasteiger partial charge in [-0.1, -0.05) is 45.0 Å². The highest BCUT2D eigenvalue weighted by molar-refractivity contribution is 7.13. The summed E-state index contributed by atoms with van der Waals surface area (Å²) in [6.07, 6.45) is -3.37. The molecule has 2 aliphatic heterocycles. The third kappa shape index (κ3) is 14.2. The lowest BCUT2D eigenvalue weighted by molar-refractivity contribution is -0.144. The predicted octanol–water partition coefficient (Wildman–Crippen LogP) is 7.17. The number of nitriles is 1. The minimum atomic E-state index is -4.87. The van der Waals surface area contributed by atoms with Crippen LogP contribution in [0.2, 0.25) is 0 Å². The molecule has 73 heavy (non-hydrogen) atoms. The quantitative estimate of drug-likeness (QED) is 0.0499. The summed E-state index contributed by atoms with van der Waals surface area (Å²) in [6.45, 7) is 12.2. The highest BCUT2D eigenvalue weighted by atomic mass is 32.1. The van der Waals surface area contributed by atoms with E-state index in [1.54, 1.807) is 61.9 Å². The average molecular weight is 1030 g/mol. The molecule has 6 rings (SSSR count). The molecule has 0 radical (unpaired) electrons. The van der Waals surface area contributed by atoms with Crippen LogP contribution in [0, 0.1) is 23.7 Å². The lowest BCUT2D eigenvalue weighted by atomic mass is 9.85. The maximum Gasteiger partial charge on any atom is 0.417 e. The standard InChI is InChI=1S/C52H62F3N7O10S/c1-33-44(73-32-58-33)35-12-10-34(11-13-35)29-57-46(65)42-27-39(63)30-60(42)47(66)45(50(2,3)4)59-43(64)31-71-25-24-70-23-22-69-20-8-7-9-21-72-40-18-16-37(17-19-40)62-49(68)61(48(67)51(62,5)6)38-15-14-36(28-56)41(26-38)52(53,54)55/h10-19,26,32,39,42,45,63H,7-9,20-25,27,29-31H2,1-6H3,(H,57,65)(H,59,64)/t39-,42+,45-/m1/s1. The molecule has 3 heterocycles. The van der Waals surface area contributed by atoms with E-state index in [9.17, 15) is 42.3 Å². The van der Waals surface area contributed by atoms with Crippen LogP contribution >= 0.6 is 11.3 Å². The summed E-state index contributed by atoms with van der Waals surface area (Å²) in [4.78, 5) is 75.8. The Morgan fingerprint density at radius 1 is 0.904 bits per heavy atom. The van der Waals surface area contributed by atoms with Crippen molar-refractivity contribution in [3.8, 4) is 22.3 Å². The number of urea groups is 1. The molecule has 0 unspecified atom stereocenters. The highest BCUT2D eigenvalue weighted by Crippen LogP contribution is 2.40. The number of aliphatic hydroxyl groups is 1. The maximum atomic E-state index is 13.9. The van der Waals surface area contributed by atoms with Gasteiger partial charge in [0.2, 0.25) is 17.7 Å². The molecule has 2 saturated heterocycles. The number of hydrogen-bond donors (Lipinski definition) is 3. The van der Waals surface area contributed by atoms with Crippen LogP contribution < -0.4 is 25.2 Å². The van der Waals surface area contributed by atoms with Gasteiger partial charge in [-0.25, -0.2) is 14.7 Å². The van der Waals surface area contributed by atoms with Gasteiger partial charge in [-0.15, -0.1) is 11.3 Å². The normalized spacial score (nSPS) is 17.2. The van der Waals surface area contributed by atoms with Crippen LogP contribution in [0.4, 0.5) is 29.3 Å². The van der Waals surface area contributed by atoms with Crippen LogP contribution in [0.25, 0.3) is 10.4 Å². The number of anilines is 2. The fraction of sp³-hybridized carbons (Fsp3) is 0.481. The number of nitrogens with zero attached hydrogens (tertiary/aromatic N) is 5. The van der Waals surface area contributed by atoms with Gasteiger partial charge in [0.1, 0.15) is 30.0 Å². The van der Waals surface area contributed by atoms with E-state index < -0.39 is 76.1 Å². The van der Waals surface area contributed by atoms with Crippen molar-refractivity contribution in [1.82, 2.24) is 20.5 Å². The summed E-state index contributed by atoms with van der Waals surface area (Å²) in [7, 11) is 0. The van der Waals surface area contributed by atoms with E-state index in [0.717, 1.165) is 53.1 Å². The number of rotatable bonds is 23. The van der Waals surface area contributed by atoms with Gasteiger partial charge in [-0.3, -0.25) is 24.1 Å². The number of aromatic nitrogens is 1. The number of alkyl halides is 3.